The topological polar surface area (TPSA) is 107 Å². The van der Waals surface area contributed by atoms with Crippen LogP contribution in [-0.4, -0.2) is 41.2 Å². The van der Waals surface area contributed by atoms with Crippen LogP contribution < -0.4 is 10.6 Å². The highest BCUT2D eigenvalue weighted by atomic mass is 32.2. The van der Waals surface area contributed by atoms with E-state index in [2.05, 4.69) is 20.6 Å². The summed E-state index contributed by atoms with van der Waals surface area (Å²) in [7, 11) is -3.45. The van der Waals surface area contributed by atoms with Gasteiger partial charge in [0.1, 0.15) is 17.1 Å². The fourth-order valence-electron chi connectivity index (χ4n) is 3.00. The normalized spacial score (nSPS) is 12.9. The number of hydrogen-bond acceptors (Lipinski definition) is 7. The van der Waals surface area contributed by atoms with Crippen LogP contribution in [0.1, 0.15) is 16.7 Å². The number of sulfone groups is 1. The summed E-state index contributed by atoms with van der Waals surface area (Å²) in [6, 6.07) is 13.1. The molecule has 34 heavy (non-hydrogen) atoms. The van der Waals surface area contributed by atoms with Gasteiger partial charge >= 0.3 is 6.18 Å². The SMILES string of the molecule is C[S+]([O-])CCc1ccc(Nc2ncc(C(F)(F)F)c(NCc3cccc(S(C)(=O)=O)c3)n2)cc1. The van der Waals surface area contributed by atoms with Crippen LogP contribution in [0.15, 0.2) is 59.6 Å². The van der Waals surface area contributed by atoms with E-state index in [4.69, 9.17) is 0 Å². The first-order valence-electron chi connectivity index (χ1n) is 10.0. The molecule has 2 N–H and O–H groups in total. The van der Waals surface area contributed by atoms with Crippen molar-refractivity contribution >= 4 is 38.5 Å². The standard InChI is InChI=1S/C22H23F3N4O3S2/c1-33(30)11-10-15-6-8-17(9-7-15)28-21-27-14-19(22(23,24)25)20(29-21)26-13-16-4-3-5-18(12-16)34(2,31)32/h3-9,12,14H,10-11,13H2,1-2H3,(H2,26,27,28,29). The minimum Gasteiger partial charge on any atom is -0.617 e. The van der Waals surface area contributed by atoms with Gasteiger partial charge in [-0.25, -0.2) is 13.4 Å². The number of halogens is 3. The van der Waals surface area contributed by atoms with Crippen molar-refractivity contribution in [3.8, 4) is 0 Å². The lowest BCUT2D eigenvalue weighted by atomic mass is 10.1. The van der Waals surface area contributed by atoms with Gasteiger partial charge in [0.05, 0.1) is 11.2 Å². The van der Waals surface area contributed by atoms with E-state index >= 15 is 0 Å². The van der Waals surface area contributed by atoms with Gasteiger partial charge < -0.3 is 15.2 Å². The van der Waals surface area contributed by atoms with Crippen LogP contribution in [0.3, 0.4) is 0 Å². The fourth-order valence-corrected chi connectivity index (χ4v) is 4.22. The van der Waals surface area contributed by atoms with Crippen molar-refractivity contribution in [3.63, 3.8) is 0 Å². The van der Waals surface area contributed by atoms with E-state index in [1.165, 1.54) is 18.2 Å². The Bertz CT molecular complexity index is 1230. The minimum atomic E-state index is -4.68. The molecule has 0 amide bonds. The first-order valence-corrected chi connectivity index (χ1v) is 13.7. The molecule has 0 saturated heterocycles. The van der Waals surface area contributed by atoms with Gasteiger partial charge in [-0.1, -0.05) is 35.4 Å². The summed E-state index contributed by atoms with van der Waals surface area (Å²) in [5.74, 6) is 0.0660. The Kier molecular flexibility index (Phi) is 8.05. The number of benzene rings is 2. The molecule has 182 valence electrons. The lowest BCUT2D eigenvalue weighted by Gasteiger charge is -2.15. The molecule has 1 heterocycles. The molecule has 0 aliphatic rings. The molecular formula is C22H23F3N4O3S2. The monoisotopic (exact) mass is 512 g/mol. The van der Waals surface area contributed by atoms with Crippen LogP contribution in [0.25, 0.3) is 0 Å². The predicted octanol–water partition coefficient (Wildman–Crippen LogP) is 4.18. The molecule has 1 atom stereocenters. The average Bonchev–Trinajstić information content (AvgIpc) is 2.76. The van der Waals surface area contributed by atoms with Gasteiger partial charge in [-0.05, 0) is 35.4 Å². The molecule has 0 aliphatic carbocycles. The highest BCUT2D eigenvalue weighted by Crippen LogP contribution is 2.34. The number of nitrogens with zero attached hydrogens (tertiary/aromatic N) is 2. The second kappa shape index (κ2) is 10.6. The van der Waals surface area contributed by atoms with E-state index in [0.717, 1.165) is 11.8 Å². The van der Waals surface area contributed by atoms with Gasteiger partial charge in [0, 0.05) is 31.1 Å². The van der Waals surface area contributed by atoms with Crippen LogP contribution >= 0.6 is 0 Å². The van der Waals surface area contributed by atoms with Crippen molar-refractivity contribution in [2.24, 2.45) is 0 Å². The van der Waals surface area contributed by atoms with E-state index < -0.39 is 38.6 Å². The van der Waals surface area contributed by atoms with Crippen molar-refractivity contribution in [1.29, 1.82) is 0 Å². The molecule has 12 heteroatoms. The minimum absolute atomic E-state index is 0.0391. The van der Waals surface area contributed by atoms with Crippen LogP contribution in [0.2, 0.25) is 0 Å². The molecule has 0 aliphatic heterocycles. The highest BCUT2D eigenvalue weighted by Gasteiger charge is 2.35. The maximum absolute atomic E-state index is 13.5. The Balaban J connectivity index is 1.79. The van der Waals surface area contributed by atoms with Crippen molar-refractivity contribution < 1.29 is 26.1 Å². The van der Waals surface area contributed by atoms with Crippen molar-refractivity contribution in [2.45, 2.75) is 24.0 Å². The molecule has 1 unspecified atom stereocenters. The highest BCUT2D eigenvalue weighted by molar-refractivity contribution is 7.90. The molecule has 0 radical (unpaired) electrons. The van der Waals surface area contributed by atoms with Crippen LogP contribution in [-0.2, 0) is 40.2 Å². The van der Waals surface area contributed by atoms with Gasteiger partial charge in [-0.15, -0.1) is 0 Å². The lowest BCUT2D eigenvalue weighted by molar-refractivity contribution is -0.137. The number of aromatic nitrogens is 2. The van der Waals surface area contributed by atoms with Gasteiger partial charge in [0.25, 0.3) is 0 Å². The summed E-state index contributed by atoms with van der Waals surface area (Å²) in [5, 5.41) is 5.52. The fraction of sp³-hybridized carbons (Fsp3) is 0.273. The van der Waals surface area contributed by atoms with Crippen molar-refractivity contribution in [1.82, 2.24) is 9.97 Å². The van der Waals surface area contributed by atoms with E-state index in [-0.39, 0.29) is 17.4 Å². The molecule has 2 aromatic carbocycles. The third-order valence-corrected chi connectivity index (χ3v) is 6.66. The molecule has 0 bridgehead atoms. The Morgan fingerprint density at radius 1 is 1.09 bits per heavy atom. The third kappa shape index (κ3) is 7.34. The number of nitrogens with one attached hydrogen (secondary N) is 2. The zero-order chi connectivity index (χ0) is 24.9. The predicted molar refractivity (Wildman–Crippen MR) is 126 cm³/mol. The summed E-state index contributed by atoms with van der Waals surface area (Å²) in [4.78, 5) is 7.84. The Labute approximate surface area is 198 Å². The van der Waals surface area contributed by atoms with Crippen LogP contribution in [0.5, 0.6) is 0 Å². The zero-order valence-electron chi connectivity index (χ0n) is 18.4. The summed E-state index contributed by atoms with van der Waals surface area (Å²) in [6.07, 6.45) is -0.659. The van der Waals surface area contributed by atoms with Gasteiger partial charge in [0.2, 0.25) is 5.95 Å². The summed E-state index contributed by atoms with van der Waals surface area (Å²) < 4.78 is 75.2. The second-order valence-electron chi connectivity index (χ2n) is 7.58. The molecule has 0 fully saturated rings. The van der Waals surface area contributed by atoms with E-state index in [9.17, 15) is 26.1 Å². The van der Waals surface area contributed by atoms with Gasteiger partial charge in [0.15, 0.2) is 9.84 Å². The maximum atomic E-state index is 13.5. The second-order valence-corrected chi connectivity index (χ2v) is 11.1. The quantitative estimate of drug-likeness (QED) is 0.414. The molecular weight excluding hydrogens is 489 g/mol. The third-order valence-electron chi connectivity index (χ3n) is 4.77. The van der Waals surface area contributed by atoms with Crippen LogP contribution in [0, 0.1) is 0 Å². The Hall–Kier alpha value is -2.83. The lowest BCUT2D eigenvalue weighted by Crippen LogP contribution is -2.14. The van der Waals surface area contributed by atoms with Gasteiger partial charge in [-0.3, -0.25) is 0 Å². The molecule has 1 aromatic heterocycles. The summed E-state index contributed by atoms with van der Waals surface area (Å²) >= 11 is -0.902. The van der Waals surface area contributed by atoms with Crippen LogP contribution in [0.4, 0.5) is 30.6 Å². The number of aryl methyl sites for hydroxylation is 1. The van der Waals surface area contributed by atoms with E-state index in [0.29, 0.717) is 29.6 Å². The van der Waals surface area contributed by atoms with E-state index in [1.807, 2.05) is 12.1 Å². The number of rotatable bonds is 9. The van der Waals surface area contributed by atoms with Crippen molar-refractivity contribution in [2.75, 3.05) is 28.9 Å². The van der Waals surface area contributed by atoms with E-state index in [1.54, 1.807) is 24.5 Å². The molecule has 0 saturated carbocycles. The first-order chi connectivity index (χ1) is 15.9. The average molecular weight is 513 g/mol. The Morgan fingerprint density at radius 3 is 2.41 bits per heavy atom. The molecule has 7 nitrogen and oxygen atoms in total. The zero-order valence-corrected chi connectivity index (χ0v) is 20.0. The molecule has 3 aromatic rings. The number of anilines is 3. The Morgan fingerprint density at radius 2 is 1.79 bits per heavy atom. The molecule has 0 spiro atoms. The number of hydrogen-bond donors (Lipinski definition) is 2. The maximum Gasteiger partial charge on any atom is 0.421 e. The number of alkyl halides is 3. The largest absolute Gasteiger partial charge is 0.617 e. The smallest absolute Gasteiger partial charge is 0.421 e. The first kappa shape index (κ1) is 25.8. The van der Waals surface area contributed by atoms with Gasteiger partial charge in [-0.2, -0.15) is 18.2 Å². The summed E-state index contributed by atoms with van der Waals surface area (Å²) in [5.41, 5.74) is 0.994. The molecule has 3 rings (SSSR count). The van der Waals surface area contributed by atoms with Crippen molar-refractivity contribution in [3.05, 3.63) is 71.4 Å². The summed E-state index contributed by atoms with van der Waals surface area (Å²) in [6.45, 7) is -0.0730.